The third-order valence-electron chi connectivity index (χ3n) is 19.1. The van der Waals surface area contributed by atoms with Crippen molar-refractivity contribution in [3.63, 3.8) is 0 Å². The van der Waals surface area contributed by atoms with Gasteiger partial charge in [-0.05, 0) is 230 Å². The lowest BCUT2D eigenvalue weighted by Crippen LogP contribution is -2.43. The Labute approximate surface area is 629 Å². The van der Waals surface area contributed by atoms with Gasteiger partial charge in [-0.25, -0.2) is 28.5 Å². The molecule has 3 fully saturated rings. The number of nitrogens with one attached hydrogen (secondary N) is 3. The van der Waals surface area contributed by atoms with Crippen LogP contribution in [-0.4, -0.2) is 206 Å². The number of hydrogen-bond acceptors (Lipinski definition) is 18. The van der Waals surface area contributed by atoms with Gasteiger partial charge in [0, 0.05) is 161 Å². The van der Waals surface area contributed by atoms with Crippen LogP contribution in [-0.2, 0) is 19.6 Å². The number of carbonyl (C=O) groups is 3. The number of piperazine rings is 1. The summed E-state index contributed by atoms with van der Waals surface area (Å²) in [6, 6.07) is 36.3. The predicted molar refractivity (Wildman–Crippen MR) is 419 cm³/mol. The van der Waals surface area contributed by atoms with Crippen LogP contribution in [0.15, 0.2) is 184 Å². The van der Waals surface area contributed by atoms with Crippen molar-refractivity contribution in [3.8, 4) is 35.5 Å². The number of hydrogen-bond donors (Lipinski definition) is 3. The van der Waals surface area contributed by atoms with Gasteiger partial charge in [0.25, 0.3) is 17.7 Å². The van der Waals surface area contributed by atoms with Crippen LogP contribution in [0.1, 0.15) is 117 Å². The molecule has 0 spiro atoms. The highest BCUT2D eigenvalue weighted by Gasteiger charge is 2.25. The van der Waals surface area contributed by atoms with E-state index in [9.17, 15) is 14.4 Å². The van der Waals surface area contributed by atoms with Gasteiger partial charge in [-0.3, -0.25) is 44.0 Å². The van der Waals surface area contributed by atoms with Gasteiger partial charge in [-0.2, -0.15) is 15.3 Å². The Kier molecular flexibility index (Phi) is 23.9. The molecule has 15 rings (SSSR count). The highest BCUT2D eigenvalue weighted by atomic mass is 16.2. The lowest BCUT2D eigenvalue weighted by Gasteiger charge is -2.35. The van der Waals surface area contributed by atoms with Gasteiger partial charge in [0.2, 0.25) is 0 Å². The van der Waals surface area contributed by atoms with Crippen LogP contribution in [0.5, 0.6) is 0 Å². The number of imidazole rings is 3. The molecule has 12 aromatic rings. The number of rotatable bonds is 14. The van der Waals surface area contributed by atoms with E-state index < -0.39 is 0 Å². The molecule has 108 heavy (non-hydrogen) atoms. The van der Waals surface area contributed by atoms with Crippen molar-refractivity contribution >= 4 is 51.7 Å². The molecule has 3 aromatic carbocycles. The molecular formula is C84H87N21O3. The Balaban J connectivity index is 0.000000143. The number of aromatic nitrogens is 12. The Morgan fingerprint density at radius 3 is 1.11 bits per heavy atom. The van der Waals surface area contributed by atoms with E-state index in [1.54, 1.807) is 106 Å². The fourth-order valence-corrected chi connectivity index (χ4v) is 13.5. The topological polar surface area (TPSA) is 236 Å². The molecular weight excluding hydrogens is 1350 g/mol. The molecule has 9 aromatic heterocycles. The first kappa shape index (κ1) is 74.1. The number of anilines is 3. The highest BCUT2D eigenvalue weighted by molar-refractivity contribution is 6.05. The van der Waals surface area contributed by atoms with E-state index in [-0.39, 0.29) is 17.7 Å². The molecule has 3 amide bonds. The smallest absolute Gasteiger partial charge is 0.257 e. The van der Waals surface area contributed by atoms with Crippen molar-refractivity contribution in [1.82, 2.24) is 88.1 Å². The molecule has 0 bridgehead atoms. The first-order chi connectivity index (χ1) is 52.4. The minimum absolute atomic E-state index is 0.212. The number of likely N-dealkylation sites (tertiary alicyclic amines) is 2. The molecule has 0 saturated carbocycles. The second-order valence-electron chi connectivity index (χ2n) is 28.1. The highest BCUT2D eigenvalue weighted by Crippen LogP contribution is 2.25. The average Bonchev–Trinajstić information content (AvgIpc) is 1.58. The van der Waals surface area contributed by atoms with Crippen molar-refractivity contribution in [2.45, 2.75) is 71.8 Å². The van der Waals surface area contributed by atoms with Crippen LogP contribution in [0.3, 0.4) is 0 Å². The van der Waals surface area contributed by atoms with Crippen LogP contribution in [0.2, 0.25) is 0 Å². The summed E-state index contributed by atoms with van der Waals surface area (Å²) < 4.78 is 5.03. The Bertz CT molecular complexity index is 5420. The molecule has 0 aliphatic carbocycles. The largest absolute Gasteiger partial charge is 0.322 e. The van der Waals surface area contributed by atoms with Crippen LogP contribution < -0.4 is 16.0 Å². The number of piperidine rings is 1. The fourth-order valence-electron chi connectivity index (χ4n) is 13.5. The van der Waals surface area contributed by atoms with Crippen LogP contribution >= 0.6 is 0 Å². The third kappa shape index (κ3) is 19.8. The number of amides is 3. The zero-order chi connectivity index (χ0) is 75.0. The van der Waals surface area contributed by atoms with Crippen molar-refractivity contribution < 1.29 is 14.4 Å². The molecule has 24 nitrogen and oxygen atoms in total. The number of benzene rings is 3. The van der Waals surface area contributed by atoms with Crippen molar-refractivity contribution in [2.24, 2.45) is 0 Å². The minimum Gasteiger partial charge on any atom is -0.322 e. The van der Waals surface area contributed by atoms with Crippen molar-refractivity contribution in [2.75, 3.05) is 104 Å². The molecule has 3 aliphatic rings. The monoisotopic (exact) mass is 1440 g/mol. The summed E-state index contributed by atoms with van der Waals surface area (Å²) in [6.45, 7) is 17.4. The van der Waals surface area contributed by atoms with Gasteiger partial charge in [0.05, 0.1) is 35.3 Å². The summed E-state index contributed by atoms with van der Waals surface area (Å²) in [4.78, 5) is 79.0. The van der Waals surface area contributed by atoms with Gasteiger partial charge < -0.3 is 30.7 Å². The summed E-state index contributed by atoms with van der Waals surface area (Å²) in [6.07, 6.45) is 23.2. The summed E-state index contributed by atoms with van der Waals surface area (Å²) in [5.74, 6) is 17.8. The zero-order valence-corrected chi connectivity index (χ0v) is 62.1. The van der Waals surface area contributed by atoms with E-state index in [1.807, 2.05) is 54.6 Å². The maximum Gasteiger partial charge on any atom is 0.257 e. The average molecular weight is 1440 g/mol. The third-order valence-corrected chi connectivity index (χ3v) is 19.1. The number of fused-ring (bicyclic) bond motifs is 3. The standard InChI is InChI=1S/C29H31N7O.C28H29N7O.C27H27N7O/c1-21-13-23(20-35-11-8-26(9-12-35)34(2)3)16-25(14-21)33-29(37)24-15-22(17-30-18-24)6-7-27-19-31-28-5-4-10-32-36(27)28;1-20-11-22(18-34-10-8-26(19-34)33(2)3)14-24(12-20)32-28(36)23-13-21(15-29-16-23)6-7-25-17-30-27-5-4-9-31-35(25)27;1-20-12-22(19-33-10-8-32(2)9-11-33)15-24(13-20)31-27(35)23-14-21(16-28-17-23)5-6-25-18-29-26-4-3-7-30-34(25)26/h4-5,10,13-19,26H,8-9,11-12,20H2,1-3H3,(H,33,37);4-5,9,11-17,26H,8,10,18-19H2,1-3H3,(H,32,36);3-4,7,12-18H,8-11,19H2,1-2H3,(H,31,35)/t;26-;/m.0./s1. The first-order valence-corrected chi connectivity index (χ1v) is 36.1. The van der Waals surface area contributed by atoms with E-state index in [1.165, 1.54) is 36.0 Å². The van der Waals surface area contributed by atoms with E-state index in [4.69, 9.17) is 0 Å². The SMILES string of the molecule is Cc1cc(CN2CCC(N(C)C)CC2)cc(NC(=O)c2cncc(C#Cc3cnc4cccnn34)c2)c1.Cc1cc(CN2CCN(C)CC2)cc(NC(=O)c2cncc(C#Cc3cnc4cccnn34)c2)c1.Cc1cc(CN2CC[C@H](N(C)C)C2)cc(NC(=O)c2cncc(C#Cc3cnc4cccnn34)c2)c1. The number of nitrogens with zero attached hydrogens (tertiary/aromatic N) is 18. The Hall–Kier alpha value is -12.2. The summed E-state index contributed by atoms with van der Waals surface area (Å²) in [5.41, 5.74) is 16.8. The summed E-state index contributed by atoms with van der Waals surface area (Å²) in [5, 5.41) is 21.9. The van der Waals surface area contributed by atoms with Crippen LogP contribution in [0.4, 0.5) is 17.1 Å². The maximum atomic E-state index is 13.0. The number of aryl methyl sites for hydroxylation is 3. The van der Waals surface area contributed by atoms with Gasteiger partial charge in [0.15, 0.2) is 16.9 Å². The first-order valence-electron chi connectivity index (χ1n) is 36.1. The maximum absolute atomic E-state index is 13.0. The molecule has 24 heteroatoms. The number of likely N-dealkylation sites (N-methyl/N-ethyl adjacent to an activating group) is 2. The summed E-state index contributed by atoms with van der Waals surface area (Å²) >= 11 is 0. The molecule has 3 N–H and O–H groups in total. The van der Waals surface area contributed by atoms with E-state index in [0.717, 1.165) is 123 Å². The van der Waals surface area contributed by atoms with Gasteiger partial charge in [0.1, 0.15) is 17.1 Å². The number of pyridine rings is 3. The second kappa shape index (κ2) is 34.8. The van der Waals surface area contributed by atoms with Crippen molar-refractivity contribution in [3.05, 3.63) is 267 Å². The van der Waals surface area contributed by atoms with E-state index in [0.29, 0.717) is 62.5 Å². The summed E-state index contributed by atoms with van der Waals surface area (Å²) in [7, 11) is 10.8. The Morgan fingerprint density at radius 1 is 0.407 bits per heavy atom. The lowest BCUT2D eigenvalue weighted by atomic mass is 10.0. The Morgan fingerprint density at radius 2 is 0.750 bits per heavy atom. The molecule has 1 atom stereocenters. The van der Waals surface area contributed by atoms with Gasteiger partial charge in [-0.1, -0.05) is 36.0 Å². The van der Waals surface area contributed by atoms with Crippen LogP contribution in [0.25, 0.3) is 16.9 Å². The molecule has 546 valence electrons. The quantitative estimate of drug-likeness (QED) is 0.0859. The predicted octanol–water partition coefficient (Wildman–Crippen LogP) is 9.66. The second-order valence-corrected chi connectivity index (χ2v) is 28.1. The molecule has 3 saturated heterocycles. The van der Waals surface area contributed by atoms with Crippen molar-refractivity contribution in [1.29, 1.82) is 0 Å². The van der Waals surface area contributed by atoms with E-state index in [2.05, 4.69) is 218 Å². The minimum atomic E-state index is -0.215. The zero-order valence-electron chi connectivity index (χ0n) is 62.1. The lowest BCUT2D eigenvalue weighted by molar-refractivity contribution is 0.101. The molecule has 3 aliphatic heterocycles. The van der Waals surface area contributed by atoms with Gasteiger partial charge in [-0.15, -0.1) is 0 Å². The molecule has 0 radical (unpaired) electrons. The normalized spacial score (nSPS) is 14.9. The fraction of sp³-hybridized carbons (Fsp3) is 0.286. The molecule has 0 unspecified atom stereocenters. The number of carbonyl (C=O) groups excluding carboxylic acids is 3. The van der Waals surface area contributed by atoms with E-state index >= 15 is 0 Å². The van der Waals surface area contributed by atoms with Crippen LogP contribution in [0, 0.1) is 56.3 Å². The molecule has 12 heterocycles. The van der Waals surface area contributed by atoms with Gasteiger partial charge >= 0.3 is 0 Å².